The van der Waals surface area contributed by atoms with Crippen LogP contribution < -0.4 is 26.6 Å². The van der Waals surface area contributed by atoms with Gasteiger partial charge in [0.05, 0.1) is 19.5 Å². The van der Waals surface area contributed by atoms with Crippen LogP contribution in [0, 0.1) is 23.7 Å². The summed E-state index contributed by atoms with van der Waals surface area (Å²) in [6.45, 7) is 29.5. The summed E-state index contributed by atoms with van der Waals surface area (Å²) < 4.78 is 22.4. The molecule has 2 heterocycles. The number of esters is 3. The van der Waals surface area contributed by atoms with E-state index < -0.39 is 101 Å². The molecule has 0 bridgehead atoms. The van der Waals surface area contributed by atoms with Crippen molar-refractivity contribution in [1.82, 2.24) is 31.2 Å². The van der Waals surface area contributed by atoms with E-state index in [4.69, 9.17) is 18.9 Å². The highest BCUT2D eigenvalue weighted by Gasteiger charge is 2.44. The van der Waals surface area contributed by atoms with E-state index in [9.17, 15) is 43.2 Å². The van der Waals surface area contributed by atoms with Gasteiger partial charge in [0.2, 0.25) is 17.7 Å². The lowest BCUT2D eigenvalue weighted by molar-refractivity contribution is -0.942. The predicted molar refractivity (Wildman–Crippen MR) is 343 cm³/mol. The zero-order valence-corrected chi connectivity index (χ0v) is 56.3. The van der Waals surface area contributed by atoms with E-state index in [-0.39, 0.29) is 61.1 Å². The van der Waals surface area contributed by atoms with Crippen molar-refractivity contribution in [1.29, 1.82) is 0 Å². The van der Waals surface area contributed by atoms with Gasteiger partial charge in [0.1, 0.15) is 53.2 Å². The second-order valence-electron chi connectivity index (χ2n) is 26.6. The number of likely N-dealkylation sites (N-methyl/N-ethyl adjacent to an activating group) is 2. The number of piperidine rings is 1. The van der Waals surface area contributed by atoms with Crippen molar-refractivity contribution < 1.29 is 66.6 Å². The average molecular weight is 1260 g/mol. The molecule has 3 aromatic rings. The highest BCUT2D eigenvalue weighted by atomic mass is 32.1. The lowest BCUT2D eigenvalue weighted by Gasteiger charge is -2.44. The van der Waals surface area contributed by atoms with E-state index in [1.54, 1.807) is 91.8 Å². The number of rotatable bonds is 31. The molecule has 89 heavy (non-hydrogen) atoms. The molecule has 1 aromatic heterocycles. The van der Waals surface area contributed by atoms with Crippen molar-refractivity contribution >= 4 is 70.6 Å². The number of hydrogen-bond acceptors (Lipinski definition) is 15. The van der Waals surface area contributed by atoms with Crippen LogP contribution in [-0.2, 0) is 65.5 Å². The van der Waals surface area contributed by atoms with Gasteiger partial charge in [0.15, 0.2) is 12.1 Å². The number of likely N-dealkylation sites (tertiary alicyclic amines) is 1. The van der Waals surface area contributed by atoms with Crippen LogP contribution in [0.3, 0.4) is 0 Å². The number of anilines is 1. The summed E-state index contributed by atoms with van der Waals surface area (Å²) in [7, 11) is 3.74. The topological polar surface area (TPSA) is 267 Å². The standard InChI is InChI=1S/C67H100N8O13S/c1-18-35-85-64(83)44(8)36-49(37-46-25-21-20-22-26-46)69-59(79)51-40-89-62(71-51)54(86-45(9)76)38-52(41(3)4)74(16)63(82)57(43(7)19-2)72-60(80)53-27-23-24-34-75(53,17)39-47-28-30-48(31-29-47)68-58(78)50(32-33-55(77)87-66(10,11)12)70-61(81)56(42(5)6)73-65(84)88-67(13,14)15/h18,20-22,25-26,28-31,40-44,49-50,52-54,56-57H,1,19,23-24,27,32-39H2,2-17H3,(H4-,68,69,70,72,73,78,79,80,81,84)/p+1/t43-,44-,49+,50-,52+,53+,54+,56-,57-,75?/m0/s1. The summed E-state index contributed by atoms with van der Waals surface area (Å²) in [5.41, 5.74) is 0.793. The van der Waals surface area contributed by atoms with E-state index in [0.717, 1.165) is 35.3 Å². The van der Waals surface area contributed by atoms with Crippen LogP contribution in [0.1, 0.15) is 181 Å². The van der Waals surface area contributed by atoms with Crippen molar-refractivity contribution in [3.63, 3.8) is 0 Å². The number of nitrogens with zero attached hydrogens (tertiary/aromatic N) is 3. The normalized spacial score (nSPS) is 17.8. The molecule has 0 saturated carbocycles. The van der Waals surface area contributed by atoms with Gasteiger partial charge in [-0.15, -0.1) is 11.3 Å². The summed E-state index contributed by atoms with van der Waals surface area (Å²) in [5.74, 6) is -5.10. The molecule has 2 aromatic carbocycles. The third kappa shape index (κ3) is 24.3. The third-order valence-electron chi connectivity index (χ3n) is 15.8. The van der Waals surface area contributed by atoms with Crippen molar-refractivity contribution in [2.24, 2.45) is 23.7 Å². The minimum atomic E-state index is -1.19. The number of hydrogen-bond donors (Lipinski definition) is 5. The van der Waals surface area contributed by atoms with Crippen LogP contribution in [-0.4, -0.2) is 143 Å². The Kier molecular flexibility index (Phi) is 28.5. The molecule has 6 amide bonds. The third-order valence-corrected chi connectivity index (χ3v) is 16.7. The van der Waals surface area contributed by atoms with E-state index in [1.807, 2.05) is 77.2 Å². The molecule has 1 saturated heterocycles. The second kappa shape index (κ2) is 34.1. The van der Waals surface area contributed by atoms with Crippen LogP contribution in [0.5, 0.6) is 0 Å². The van der Waals surface area contributed by atoms with Crippen molar-refractivity contribution in [2.45, 2.75) is 215 Å². The Morgan fingerprint density at radius 3 is 2.03 bits per heavy atom. The molecule has 1 unspecified atom stereocenters. The zero-order chi connectivity index (χ0) is 66.6. The van der Waals surface area contributed by atoms with Gasteiger partial charge in [-0.1, -0.05) is 110 Å². The summed E-state index contributed by atoms with van der Waals surface area (Å²) in [6, 6.07) is 12.2. The van der Waals surface area contributed by atoms with Gasteiger partial charge in [0, 0.05) is 61.9 Å². The van der Waals surface area contributed by atoms with Crippen molar-refractivity contribution in [3.05, 3.63) is 94.5 Å². The minimum absolute atomic E-state index is 0.0759. The number of alkyl carbamates (subject to hydrolysis) is 1. The fraction of sp³-hybridized carbons (Fsp3) is 0.612. The predicted octanol–water partition coefficient (Wildman–Crippen LogP) is 9.54. The van der Waals surface area contributed by atoms with Gasteiger partial charge >= 0.3 is 24.0 Å². The fourth-order valence-electron chi connectivity index (χ4n) is 10.9. The average Bonchev–Trinajstić information content (AvgIpc) is 3.20. The highest BCUT2D eigenvalue weighted by molar-refractivity contribution is 7.09. The molecule has 5 N–H and O–H groups in total. The van der Waals surface area contributed by atoms with Gasteiger partial charge in [-0.25, -0.2) is 9.78 Å². The number of quaternary nitrogens is 1. The van der Waals surface area contributed by atoms with E-state index in [1.165, 1.54) is 13.0 Å². The number of carbonyl (C=O) groups is 9. The fourth-order valence-corrected chi connectivity index (χ4v) is 11.7. The molecule has 4 rings (SSSR count). The van der Waals surface area contributed by atoms with E-state index >= 15 is 0 Å². The lowest BCUT2D eigenvalue weighted by atomic mass is 9.92. The molecule has 10 atom stereocenters. The van der Waals surface area contributed by atoms with Crippen molar-refractivity contribution in [3.8, 4) is 0 Å². The summed E-state index contributed by atoms with van der Waals surface area (Å²) in [4.78, 5) is 129. The van der Waals surface area contributed by atoms with Gasteiger partial charge in [-0.2, -0.15) is 0 Å². The minimum Gasteiger partial charge on any atom is -0.461 e. The lowest BCUT2D eigenvalue weighted by Crippen LogP contribution is -2.63. The van der Waals surface area contributed by atoms with Gasteiger partial charge < -0.3 is 54.9 Å². The van der Waals surface area contributed by atoms with E-state index in [0.29, 0.717) is 54.0 Å². The van der Waals surface area contributed by atoms with Crippen molar-refractivity contribution in [2.75, 3.05) is 32.6 Å². The largest absolute Gasteiger partial charge is 0.461 e. The Bertz CT molecular complexity index is 2870. The Morgan fingerprint density at radius 2 is 1.45 bits per heavy atom. The zero-order valence-electron chi connectivity index (χ0n) is 55.5. The van der Waals surface area contributed by atoms with Crippen LogP contribution in [0.4, 0.5) is 10.5 Å². The number of thiazole rings is 1. The number of aromatic nitrogens is 1. The smallest absolute Gasteiger partial charge is 0.408 e. The molecule has 1 fully saturated rings. The number of amides is 6. The van der Waals surface area contributed by atoms with Crippen LogP contribution in [0.25, 0.3) is 0 Å². The molecule has 0 radical (unpaired) electrons. The number of benzene rings is 2. The molecular weight excluding hydrogens is 1160 g/mol. The first-order valence-corrected chi connectivity index (χ1v) is 32.1. The number of carbonyl (C=O) groups excluding carboxylic acids is 9. The molecular formula is C67H101N8O13S+. The monoisotopic (exact) mass is 1260 g/mol. The summed E-state index contributed by atoms with van der Waals surface area (Å²) in [5, 5.41) is 16.5. The Labute approximate surface area is 531 Å². The SMILES string of the molecule is C=CCOC(=O)[C@@H](C)C[C@H](Cc1ccccc1)NC(=O)c1csc([C@@H](C[C@H](C(C)C)N(C)C(=O)[C@@H](NC(=O)[C@H]2CCCC[N+]2(C)Cc2ccc(NC(=O)[C@H](CCC(=O)OC(C)(C)C)NC(=O)[C@@H](NC(=O)OC(C)(C)C)C(C)C)cc2)[C@@H](C)CC)OC(C)=O)n1. The van der Waals surface area contributed by atoms with E-state index in [2.05, 4.69) is 38.1 Å². The van der Waals surface area contributed by atoms with Gasteiger partial charge in [-0.3, -0.25) is 38.4 Å². The quantitative estimate of drug-likeness (QED) is 0.0174. The maximum absolute atomic E-state index is 15.0. The Hall–Kier alpha value is -7.20. The molecule has 0 aliphatic carbocycles. The Balaban J connectivity index is 1.51. The van der Waals surface area contributed by atoms with Crippen LogP contribution in [0.2, 0.25) is 0 Å². The summed E-state index contributed by atoms with van der Waals surface area (Å²) >= 11 is 1.16. The van der Waals surface area contributed by atoms with Gasteiger partial charge in [0.25, 0.3) is 11.8 Å². The van der Waals surface area contributed by atoms with Crippen LogP contribution >= 0.6 is 11.3 Å². The Morgan fingerprint density at radius 1 is 0.798 bits per heavy atom. The molecule has 1 aliphatic rings. The molecule has 0 spiro atoms. The number of ether oxygens (including phenoxy) is 4. The first kappa shape index (κ1) is 74.3. The first-order chi connectivity index (χ1) is 41.6. The van der Waals surface area contributed by atoms with Gasteiger partial charge in [-0.05, 0) is 109 Å². The molecule has 22 heteroatoms. The van der Waals surface area contributed by atoms with Crippen LogP contribution in [0.15, 0.2) is 72.6 Å². The highest BCUT2D eigenvalue weighted by Crippen LogP contribution is 2.33. The molecule has 21 nitrogen and oxygen atoms in total. The molecule has 1 aliphatic heterocycles. The number of nitrogens with one attached hydrogen (secondary N) is 5. The second-order valence-corrected chi connectivity index (χ2v) is 27.5. The summed E-state index contributed by atoms with van der Waals surface area (Å²) in [6.07, 6.45) is 3.25. The maximum Gasteiger partial charge on any atom is 0.408 e. The first-order valence-electron chi connectivity index (χ1n) is 31.2. The maximum atomic E-state index is 15.0. The molecule has 492 valence electrons.